The molecular weight excluding hydrogens is 148 g/mol. The van der Waals surface area contributed by atoms with Gasteiger partial charge in [-0.2, -0.15) is 0 Å². The van der Waals surface area contributed by atoms with Crippen LogP contribution in [0.4, 0.5) is 0 Å². The molecule has 2 heteroatoms. The zero-order chi connectivity index (χ0) is 8.81. The van der Waals surface area contributed by atoms with E-state index in [0.29, 0.717) is 0 Å². The lowest BCUT2D eigenvalue weighted by molar-refractivity contribution is 0.431. The first-order valence-corrected chi connectivity index (χ1v) is 5.18. The van der Waals surface area contributed by atoms with Crippen molar-refractivity contribution in [1.29, 1.82) is 0 Å². The summed E-state index contributed by atoms with van der Waals surface area (Å²) in [6, 6.07) is 0.784. The van der Waals surface area contributed by atoms with Crippen LogP contribution in [0.1, 0.15) is 32.1 Å². The zero-order valence-electron chi connectivity index (χ0n) is 8.40. The summed E-state index contributed by atoms with van der Waals surface area (Å²) in [5.74, 6) is 0.924. The summed E-state index contributed by atoms with van der Waals surface area (Å²) in [6.45, 7) is 1.20. The monoisotopic (exact) mass is 170 g/mol. The first kappa shape index (κ1) is 10.0. The minimum Gasteiger partial charge on any atom is -0.319 e. The number of hydrogen-bond acceptors (Lipinski definition) is 2. The molecule has 0 aliphatic heterocycles. The maximum atomic E-state index is 3.39. The lowest BCUT2D eigenvalue weighted by Crippen LogP contribution is -2.24. The van der Waals surface area contributed by atoms with E-state index in [1.165, 1.54) is 38.6 Å². The molecule has 0 bridgehead atoms. The molecule has 1 rings (SSSR count). The maximum Gasteiger partial charge on any atom is 0.00641 e. The standard InChI is InChI=1S/C10H22N2/c1-11-8-9-4-3-5-10(12-2)7-6-9/h9-12H,3-8H2,1-2H3. The van der Waals surface area contributed by atoms with E-state index >= 15 is 0 Å². The largest absolute Gasteiger partial charge is 0.319 e. The summed E-state index contributed by atoms with van der Waals surface area (Å²) in [6.07, 6.45) is 6.95. The van der Waals surface area contributed by atoms with Gasteiger partial charge in [0, 0.05) is 6.04 Å². The molecule has 0 aromatic heterocycles. The summed E-state index contributed by atoms with van der Waals surface area (Å²) in [5, 5.41) is 6.66. The van der Waals surface area contributed by atoms with Crippen LogP contribution in [0.5, 0.6) is 0 Å². The molecule has 72 valence electrons. The molecule has 2 N–H and O–H groups in total. The van der Waals surface area contributed by atoms with Gasteiger partial charge in [0.25, 0.3) is 0 Å². The Balaban J connectivity index is 2.24. The summed E-state index contributed by atoms with van der Waals surface area (Å²) in [5.41, 5.74) is 0. The van der Waals surface area contributed by atoms with Crippen LogP contribution in [0.3, 0.4) is 0 Å². The summed E-state index contributed by atoms with van der Waals surface area (Å²) in [4.78, 5) is 0. The second-order valence-corrected chi connectivity index (χ2v) is 3.92. The van der Waals surface area contributed by atoms with Crippen molar-refractivity contribution in [3.8, 4) is 0 Å². The minimum atomic E-state index is 0.784. The highest BCUT2D eigenvalue weighted by Gasteiger charge is 2.16. The number of nitrogens with one attached hydrogen (secondary N) is 2. The second kappa shape index (κ2) is 5.55. The van der Waals surface area contributed by atoms with Gasteiger partial charge in [-0.05, 0) is 52.2 Å². The lowest BCUT2D eigenvalue weighted by atomic mass is 10.0. The van der Waals surface area contributed by atoms with E-state index < -0.39 is 0 Å². The normalized spacial score (nSPS) is 31.5. The summed E-state index contributed by atoms with van der Waals surface area (Å²) in [7, 11) is 4.14. The molecule has 0 amide bonds. The first-order valence-electron chi connectivity index (χ1n) is 5.18. The SMILES string of the molecule is CNCC1CCCC(NC)CC1. The highest BCUT2D eigenvalue weighted by molar-refractivity contribution is 4.74. The molecule has 0 saturated heterocycles. The predicted molar refractivity (Wildman–Crippen MR) is 53.3 cm³/mol. The molecule has 1 fully saturated rings. The van der Waals surface area contributed by atoms with Crippen molar-refractivity contribution >= 4 is 0 Å². The first-order chi connectivity index (χ1) is 5.86. The molecule has 0 aromatic carbocycles. The molecule has 2 nitrogen and oxygen atoms in total. The predicted octanol–water partition coefficient (Wildman–Crippen LogP) is 1.37. The fraction of sp³-hybridized carbons (Fsp3) is 1.00. The molecule has 0 aromatic rings. The Morgan fingerprint density at radius 1 is 1.08 bits per heavy atom. The lowest BCUT2D eigenvalue weighted by Gasteiger charge is -2.13. The van der Waals surface area contributed by atoms with Crippen molar-refractivity contribution < 1.29 is 0 Å². The van der Waals surface area contributed by atoms with Crippen molar-refractivity contribution in [2.45, 2.75) is 38.1 Å². The molecule has 2 unspecified atom stereocenters. The number of hydrogen-bond donors (Lipinski definition) is 2. The van der Waals surface area contributed by atoms with Gasteiger partial charge >= 0.3 is 0 Å². The molecule has 0 radical (unpaired) electrons. The zero-order valence-corrected chi connectivity index (χ0v) is 8.40. The van der Waals surface area contributed by atoms with Crippen LogP contribution in [0.15, 0.2) is 0 Å². The van der Waals surface area contributed by atoms with E-state index in [0.717, 1.165) is 12.0 Å². The molecule has 12 heavy (non-hydrogen) atoms. The molecule has 1 aliphatic carbocycles. The Kier molecular flexibility index (Phi) is 4.62. The van der Waals surface area contributed by atoms with E-state index in [9.17, 15) is 0 Å². The van der Waals surface area contributed by atoms with Crippen LogP contribution in [0.25, 0.3) is 0 Å². The van der Waals surface area contributed by atoms with Gasteiger partial charge in [0.15, 0.2) is 0 Å². The van der Waals surface area contributed by atoms with E-state index in [1.807, 2.05) is 0 Å². The molecule has 2 atom stereocenters. The van der Waals surface area contributed by atoms with Gasteiger partial charge in [0.05, 0.1) is 0 Å². The Labute approximate surface area is 76.1 Å². The third-order valence-corrected chi connectivity index (χ3v) is 2.99. The van der Waals surface area contributed by atoms with Gasteiger partial charge in [-0.1, -0.05) is 6.42 Å². The van der Waals surface area contributed by atoms with Crippen LogP contribution >= 0.6 is 0 Å². The highest BCUT2D eigenvalue weighted by atomic mass is 14.9. The molecular formula is C10H22N2. The van der Waals surface area contributed by atoms with Crippen molar-refractivity contribution in [3.05, 3.63) is 0 Å². The van der Waals surface area contributed by atoms with Crippen LogP contribution in [0, 0.1) is 5.92 Å². The average Bonchev–Trinajstić information content (AvgIpc) is 2.31. The van der Waals surface area contributed by atoms with Gasteiger partial charge in [0.2, 0.25) is 0 Å². The van der Waals surface area contributed by atoms with E-state index in [2.05, 4.69) is 24.7 Å². The van der Waals surface area contributed by atoms with Gasteiger partial charge in [-0.3, -0.25) is 0 Å². The maximum absolute atomic E-state index is 3.39. The summed E-state index contributed by atoms with van der Waals surface area (Å²) < 4.78 is 0. The highest BCUT2D eigenvalue weighted by Crippen LogP contribution is 2.22. The Morgan fingerprint density at radius 2 is 1.92 bits per heavy atom. The van der Waals surface area contributed by atoms with E-state index in [1.54, 1.807) is 0 Å². The van der Waals surface area contributed by atoms with Gasteiger partial charge < -0.3 is 10.6 Å². The van der Waals surface area contributed by atoms with Crippen LogP contribution in [-0.4, -0.2) is 26.7 Å². The van der Waals surface area contributed by atoms with Crippen molar-refractivity contribution in [2.24, 2.45) is 5.92 Å². The van der Waals surface area contributed by atoms with Crippen LogP contribution < -0.4 is 10.6 Å². The Bertz CT molecular complexity index is 114. The van der Waals surface area contributed by atoms with Gasteiger partial charge in [0.1, 0.15) is 0 Å². The van der Waals surface area contributed by atoms with Crippen molar-refractivity contribution in [3.63, 3.8) is 0 Å². The van der Waals surface area contributed by atoms with Crippen molar-refractivity contribution in [2.75, 3.05) is 20.6 Å². The molecule has 0 spiro atoms. The third-order valence-electron chi connectivity index (χ3n) is 2.99. The van der Waals surface area contributed by atoms with Crippen LogP contribution in [0.2, 0.25) is 0 Å². The van der Waals surface area contributed by atoms with Gasteiger partial charge in [-0.15, -0.1) is 0 Å². The fourth-order valence-corrected chi connectivity index (χ4v) is 2.16. The van der Waals surface area contributed by atoms with E-state index in [-0.39, 0.29) is 0 Å². The quantitative estimate of drug-likeness (QED) is 0.625. The Morgan fingerprint density at radius 3 is 2.58 bits per heavy atom. The smallest absolute Gasteiger partial charge is 0.00641 e. The van der Waals surface area contributed by atoms with Crippen LogP contribution in [-0.2, 0) is 0 Å². The molecule has 1 saturated carbocycles. The topological polar surface area (TPSA) is 24.1 Å². The third kappa shape index (κ3) is 3.11. The second-order valence-electron chi connectivity index (χ2n) is 3.92. The molecule has 1 aliphatic rings. The van der Waals surface area contributed by atoms with Crippen molar-refractivity contribution in [1.82, 2.24) is 10.6 Å². The minimum absolute atomic E-state index is 0.784. The van der Waals surface area contributed by atoms with Gasteiger partial charge in [-0.25, -0.2) is 0 Å². The average molecular weight is 170 g/mol. The molecule has 0 heterocycles. The fourth-order valence-electron chi connectivity index (χ4n) is 2.16. The Hall–Kier alpha value is -0.0800. The summed E-state index contributed by atoms with van der Waals surface area (Å²) >= 11 is 0. The van der Waals surface area contributed by atoms with E-state index in [4.69, 9.17) is 0 Å². The number of rotatable bonds is 3.